The SMILES string of the molecule is C[C@H]1CN(C(=O)Cn2nc(C3CC3)c3cnn(-c4cccc(Cl)c4)c3c2=O)C[C@H](C)O1. The summed E-state index contributed by atoms with van der Waals surface area (Å²) in [6.07, 6.45) is 3.66. The fraction of sp³-hybridized carbons (Fsp3) is 0.455. The first-order valence-electron chi connectivity index (χ1n) is 10.6. The molecule has 1 aliphatic carbocycles. The molecule has 8 nitrogen and oxygen atoms in total. The molecule has 0 unspecified atom stereocenters. The second kappa shape index (κ2) is 7.76. The molecule has 3 heterocycles. The standard InChI is InChI=1S/C22H24ClN5O3/c1-13-10-26(11-14(2)31-13)19(29)12-27-22(30)21-18(20(25-27)15-6-7-15)9-24-28(21)17-5-3-4-16(23)8-17/h3-5,8-9,13-15H,6-7,10-12H2,1-2H3/t13-,14-/m0/s1. The summed E-state index contributed by atoms with van der Waals surface area (Å²) in [5.74, 6) is 0.163. The maximum Gasteiger partial charge on any atom is 0.293 e. The summed E-state index contributed by atoms with van der Waals surface area (Å²) in [5.41, 5.74) is 1.62. The zero-order valence-electron chi connectivity index (χ0n) is 17.5. The minimum Gasteiger partial charge on any atom is -0.372 e. The highest BCUT2D eigenvalue weighted by Crippen LogP contribution is 2.41. The van der Waals surface area contributed by atoms with Crippen molar-refractivity contribution in [1.29, 1.82) is 0 Å². The first-order valence-corrected chi connectivity index (χ1v) is 11.0. The van der Waals surface area contributed by atoms with Gasteiger partial charge in [0.2, 0.25) is 5.91 Å². The molecule has 1 saturated heterocycles. The number of aromatic nitrogens is 4. The maximum absolute atomic E-state index is 13.4. The van der Waals surface area contributed by atoms with Crippen molar-refractivity contribution in [3.63, 3.8) is 0 Å². The number of amides is 1. The van der Waals surface area contributed by atoms with E-state index in [2.05, 4.69) is 10.2 Å². The fourth-order valence-electron chi connectivity index (χ4n) is 4.27. The van der Waals surface area contributed by atoms with E-state index in [-0.39, 0.29) is 30.2 Å². The number of carbonyl (C=O) groups excluding carboxylic acids is 1. The quantitative estimate of drug-likeness (QED) is 0.621. The number of ether oxygens (including phenoxy) is 1. The van der Waals surface area contributed by atoms with Crippen molar-refractivity contribution in [2.75, 3.05) is 13.1 Å². The zero-order valence-corrected chi connectivity index (χ0v) is 18.2. The van der Waals surface area contributed by atoms with Gasteiger partial charge in [-0.15, -0.1) is 0 Å². The number of morpholine rings is 1. The van der Waals surface area contributed by atoms with Crippen LogP contribution in [0.2, 0.25) is 5.02 Å². The Morgan fingerprint density at radius 2 is 1.97 bits per heavy atom. The van der Waals surface area contributed by atoms with Gasteiger partial charge in [-0.2, -0.15) is 10.2 Å². The van der Waals surface area contributed by atoms with E-state index in [1.54, 1.807) is 27.9 Å². The van der Waals surface area contributed by atoms with Crippen molar-refractivity contribution < 1.29 is 9.53 Å². The predicted octanol–water partition coefficient (Wildman–Crippen LogP) is 2.75. The average Bonchev–Trinajstić information content (AvgIpc) is 3.47. The summed E-state index contributed by atoms with van der Waals surface area (Å²) in [5, 5.41) is 10.4. The Labute approximate surface area is 184 Å². The lowest BCUT2D eigenvalue weighted by Crippen LogP contribution is -2.49. The molecule has 2 aliphatic rings. The van der Waals surface area contributed by atoms with E-state index >= 15 is 0 Å². The minimum atomic E-state index is -0.334. The van der Waals surface area contributed by atoms with Gasteiger partial charge < -0.3 is 9.64 Å². The van der Waals surface area contributed by atoms with Gasteiger partial charge in [0.05, 0.1) is 29.8 Å². The smallest absolute Gasteiger partial charge is 0.293 e. The van der Waals surface area contributed by atoms with Crippen molar-refractivity contribution in [1.82, 2.24) is 24.5 Å². The second-order valence-electron chi connectivity index (χ2n) is 8.48. The van der Waals surface area contributed by atoms with Gasteiger partial charge in [-0.25, -0.2) is 9.36 Å². The monoisotopic (exact) mass is 441 g/mol. The molecule has 2 fully saturated rings. The van der Waals surface area contributed by atoms with Gasteiger partial charge in [0.15, 0.2) is 0 Å². The average molecular weight is 442 g/mol. The van der Waals surface area contributed by atoms with Gasteiger partial charge in [-0.1, -0.05) is 17.7 Å². The summed E-state index contributed by atoms with van der Waals surface area (Å²) in [7, 11) is 0. The van der Waals surface area contributed by atoms with E-state index in [1.807, 2.05) is 26.0 Å². The summed E-state index contributed by atoms with van der Waals surface area (Å²) >= 11 is 6.16. The van der Waals surface area contributed by atoms with Crippen molar-refractivity contribution in [3.8, 4) is 5.69 Å². The van der Waals surface area contributed by atoms with Crippen LogP contribution < -0.4 is 5.56 Å². The van der Waals surface area contributed by atoms with Crippen LogP contribution in [0.3, 0.4) is 0 Å². The lowest BCUT2D eigenvalue weighted by Gasteiger charge is -2.35. The number of carbonyl (C=O) groups is 1. The summed E-state index contributed by atoms with van der Waals surface area (Å²) in [6, 6.07) is 7.20. The van der Waals surface area contributed by atoms with Crippen LogP contribution in [0, 0.1) is 0 Å². The highest BCUT2D eigenvalue weighted by Gasteiger charge is 2.31. The van der Waals surface area contributed by atoms with Crippen LogP contribution in [0.25, 0.3) is 16.6 Å². The molecule has 1 aliphatic heterocycles. The molecule has 31 heavy (non-hydrogen) atoms. The maximum atomic E-state index is 13.4. The number of nitrogens with zero attached hydrogens (tertiary/aromatic N) is 5. The number of hydrogen-bond acceptors (Lipinski definition) is 5. The third kappa shape index (κ3) is 3.85. The number of hydrogen-bond donors (Lipinski definition) is 0. The van der Waals surface area contributed by atoms with Gasteiger partial charge in [0.1, 0.15) is 12.1 Å². The van der Waals surface area contributed by atoms with Crippen LogP contribution in [0.5, 0.6) is 0 Å². The summed E-state index contributed by atoms with van der Waals surface area (Å²) in [6.45, 7) is 4.81. The van der Waals surface area contributed by atoms with Crippen molar-refractivity contribution in [2.45, 2.75) is 51.4 Å². The molecular formula is C22H24ClN5O3. The highest BCUT2D eigenvalue weighted by atomic mass is 35.5. The van der Waals surface area contributed by atoms with Crippen molar-refractivity contribution in [2.24, 2.45) is 0 Å². The number of rotatable bonds is 4. The molecular weight excluding hydrogens is 418 g/mol. The molecule has 2 aromatic heterocycles. The molecule has 2 atom stereocenters. The van der Waals surface area contributed by atoms with E-state index in [9.17, 15) is 9.59 Å². The lowest BCUT2D eigenvalue weighted by atomic mass is 10.2. The van der Waals surface area contributed by atoms with Crippen molar-refractivity contribution in [3.05, 3.63) is 51.5 Å². The molecule has 0 bridgehead atoms. The topological polar surface area (TPSA) is 82.3 Å². The van der Waals surface area contributed by atoms with Crippen LogP contribution in [0.4, 0.5) is 0 Å². The first-order chi connectivity index (χ1) is 14.9. The van der Waals surface area contributed by atoms with Gasteiger partial charge in [-0.3, -0.25) is 9.59 Å². The van der Waals surface area contributed by atoms with Gasteiger partial charge in [0.25, 0.3) is 5.56 Å². The third-order valence-electron chi connectivity index (χ3n) is 5.78. The van der Waals surface area contributed by atoms with E-state index in [1.165, 1.54) is 4.68 Å². The van der Waals surface area contributed by atoms with Gasteiger partial charge >= 0.3 is 0 Å². The highest BCUT2D eigenvalue weighted by molar-refractivity contribution is 6.30. The van der Waals surface area contributed by atoms with Crippen LogP contribution in [-0.4, -0.2) is 55.7 Å². The van der Waals surface area contributed by atoms with Crippen LogP contribution in [0.1, 0.15) is 38.3 Å². The Kier molecular flexibility index (Phi) is 5.06. The molecule has 9 heteroatoms. The zero-order chi connectivity index (χ0) is 21.7. The Morgan fingerprint density at radius 3 is 2.65 bits per heavy atom. The predicted molar refractivity (Wildman–Crippen MR) is 117 cm³/mol. The van der Waals surface area contributed by atoms with Gasteiger partial charge in [0, 0.05) is 29.4 Å². The normalized spacial score (nSPS) is 21.6. The Balaban J connectivity index is 1.57. The van der Waals surface area contributed by atoms with E-state index < -0.39 is 0 Å². The largest absolute Gasteiger partial charge is 0.372 e. The molecule has 0 spiro atoms. The molecule has 5 rings (SSSR count). The van der Waals surface area contributed by atoms with E-state index in [0.29, 0.717) is 35.2 Å². The molecule has 1 amide bonds. The number of halogens is 1. The fourth-order valence-corrected chi connectivity index (χ4v) is 4.46. The van der Waals surface area contributed by atoms with Crippen LogP contribution >= 0.6 is 11.6 Å². The molecule has 1 saturated carbocycles. The molecule has 0 N–H and O–H groups in total. The summed E-state index contributed by atoms with van der Waals surface area (Å²) in [4.78, 5) is 28.2. The van der Waals surface area contributed by atoms with Crippen LogP contribution in [0.15, 0.2) is 35.3 Å². The molecule has 1 aromatic carbocycles. The first kappa shape index (κ1) is 20.2. The van der Waals surface area contributed by atoms with Crippen molar-refractivity contribution >= 4 is 28.4 Å². The minimum absolute atomic E-state index is 0.0360. The Hall–Kier alpha value is -2.71. The Bertz CT molecular complexity index is 1210. The van der Waals surface area contributed by atoms with Crippen LogP contribution in [-0.2, 0) is 16.1 Å². The van der Waals surface area contributed by atoms with Gasteiger partial charge in [-0.05, 0) is 44.9 Å². The number of benzene rings is 1. The molecule has 0 radical (unpaired) electrons. The Morgan fingerprint density at radius 1 is 1.23 bits per heavy atom. The molecule has 3 aromatic rings. The number of fused-ring (bicyclic) bond motifs is 1. The second-order valence-corrected chi connectivity index (χ2v) is 8.91. The lowest BCUT2D eigenvalue weighted by molar-refractivity contribution is -0.144. The summed E-state index contributed by atoms with van der Waals surface area (Å²) < 4.78 is 8.61. The molecule has 162 valence electrons. The van der Waals surface area contributed by atoms with E-state index in [0.717, 1.165) is 23.9 Å². The van der Waals surface area contributed by atoms with E-state index in [4.69, 9.17) is 16.3 Å². The third-order valence-corrected chi connectivity index (χ3v) is 6.02.